The summed E-state index contributed by atoms with van der Waals surface area (Å²) in [6.07, 6.45) is 1.51. The highest BCUT2D eigenvalue weighted by atomic mass is 35.5. The van der Waals surface area contributed by atoms with Gasteiger partial charge < -0.3 is 9.84 Å². The van der Waals surface area contributed by atoms with E-state index in [1.54, 1.807) is 31.2 Å². The summed E-state index contributed by atoms with van der Waals surface area (Å²) >= 11 is 7.09. The summed E-state index contributed by atoms with van der Waals surface area (Å²) in [6, 6.07) is 7.10. The molecule has 22 heavy (non-hydrogen) atoms. The van der Waals surface area contributed by atoms with Gasteiger partial charge in [0, 0.05) is 16.8 Å². The monoisotopic (exact) mass is 334 g/mol. The number of hydrogen-bond donors (Lipinski definition) is 1. The fourth-order valence-electron chi connectivity index (χ4n) is 2.08. The van der Waals surface area contributed by atoms with Crippen molar-refractivity contribution in [3.63, 3.8) is 0 Å². The lowest BCUT2D eigenvalue weighted by Crippen LogP contribution is -2.07. The Labute approximate surface area is 135 Å². The Kier molecular flexibility index (Phi) is 3.96. The first kappa shape index (κ1) is 14.7. The number of halogens is 1. The van der Waals surface area contributed by atoms with Gasteiger partial charge in [0.1, 0.15) is 0 Å². The van der Waals surface area contributed by atoms with Crippen molar-refractivity contribution in [2.75, 3.05) is 6.61 Å². The maximum Gasteiger partial charge on any atom is 0.360 e. The zero-order valence-corrected chi connectivity index (χ0v) is 13.1. The molecule has 1 N–H and O–H groups in total. The van der Waals surface area contributed by atoms with Crippen molar-refractivity contribution in [2.45, 2.75) is 6.92 Å². The van der Waals surface area contributed by atoms with Crippen molar-refractivity contribution in [2.24, 2.45) is 0 Å². The van der Waals surface area contributed by atoms with E-state index in [-0.39, 0.29) is 18.1 Å². The maximum absolute atomic E-state index is 11.8. The third-order valence-electron chi connectivity index (χ3n) is 3.08. The van der Waals surface area contributed by atoms with Crippen LogP contribution in [0, 0.1) is 0 Å². The molecule has 0 aliphatic heterocycles. The second kappa shape index (κ2) is 5.90. The minimum absolute atomic E-state index is 0.107. The molecule has 3 aromatic rings. The average molecular weight is 335 g/mol. The molecule has 0 unspecified atom stereocenters. The molecule has 5 nitrogen and oxygen atoms in total. The Hall–Kier alpha value is -2.18. The summed E-state index contributed by atoms with van der Waals surface area (Å²) in [5.74, 6) is -0.871. The lowest BCUT2D eigenvalue weighted by atomic mass is 10.1. The van der Waals surface area contributed by atoms with Gasteiger partial charge in [-0.05, 0) is 30.6 Å². The molecule has 0 saturated carbocycles. The van der Waals surface area contributed by atoms with Gasteiger partial charge in [-0.3, -0.25) is 0 Å². The molecular weight excluding hydrogens is 324 g/mol. The number of nitrogens with zero attached hydrogens (tertiary/aromatic N) is 2. The molecule has 0 fully saturated rings. The topological polar surface area (TPSA) is 72.3 Å². The number of carbonyl (C=O) groups excluding carboxylic acids is 1. The maximum atomic E-state index is 11.8. The predicted molar refractivity (Wildman–Crippen MR) is 85.5 cm³/mol. The van der Waals surface area contributed by atoms with E-state index < -0.39 is 5.97 Å². The lowest BCUT2D eigenvalue weighted by molar-refractivity contribution is 0.0516. The summed E-state index contributed by atoms with van der Waals surface area (Å²) < 4.78 is 9.94. The largest absolute Gasteiger partial charge is 0.505 e. The van der Waals surface area contributed by atoms with Gasteiger partial charge in [-0.1, -0.05) is 23.7 Å². The Morgan fingerprint density at radius 3 is 2.77 bits per heavy atom. The SMILES string of the molecule is CCOC(=O)c1ncc2snc(-c3ccc(Cl)cc3)c2c1O. The Bertz CT molecular complexity index is 846. The number of aromatic hydroxyl groups is 1. The zero-order valence-electron chi connectivity index (χ0n) is 11.5. The molecule has 2 aromatic heterocycles. The Morgan fingerprint density at radius 1 is 1.36 bits per heavy atom. The second-order valence-corrected chi connectivity index (χ2v) is 5.69. The van der Waals surface area contributed by atoms with Crippen LogP contribution in [0.2, 0.25) is 5.02 Å². The number of rotatable bonds is 3. The average Bonchev–Trinajstić information content (AvgIpc) is 2.93. The van der Waals surface area contributed by atoms with Crippen molar-refractivity contribution < 1.29 is 14.6 Å². The van der Waals surface area contributed by atoms with Crippen molar-refractivity contribution in [3.8, 4) is 17.0 Å². The van der Waals surface area contributed by atoms with E-state index in [0.29, 0.717) is 20.8 Å². The van der Waals surface area contributed by atoms with Crippen LogP contribution in [-0.2, 0) is 4.74 Å². The minimum Gasteiger partial charge on any atom is -0.505 e. The standard InChI is InChI=1S/C15H11ClN2O3S/c1-2-21-15(20)13-14(19)11-10(7-17-13)22-18-12(11)8-3-5-9(16)6-4-8/h3-7,19H,2H2,1H3. The fourth-order valence-corrected chi connectivity index (χ4v) is 2.97. The van der Waals surface area contributed by atoms with Gasteiger partial charge in [0.2, 0.25) is 0 Å². The minimum atomic E-state index is -0.657. The van der Waals surface area contributed by atoms with Gasteiger partial charge in [0.05, 0.1) is 22.4 Å². The number of benzene rings is 1. The van der Waals surface area contributed by atoms with Crippen LogP contribution in [0.4, 0.5) is 0 Å². The number of carbonyl (C=O) groups is 1. The van der Waals surface area contributed by atoms with E-state index in [0.717, 1.165) is 5.56 Å². The molecule has 112 valence electrons. The molecule has 0 radical (unpaired) electrons. The van der Waals surface area contributed by atoms with Crippen molar-refractivity contribution in [1.29, 1.82) is 0 Å². The zero-order chi connectivity index (χ0) is 15.7. The van der Waals surface area contributed by atoms with Crippen LogP contribution in [0.3, 0.4) is 0 Å². The number of esters is 1. The summed E-state index contributed by atoms with van der Waals surface area (Å²) in [5.41, 5.74) is 1.28. The number of hydrogen-bond acceptors (Lipinski definition) is 6. The summed E-state index contributed by atoms with van der Waals surface area (Å²) in [7, 11) is 0. The van der Waals surface area contributed by atoms with Crippen molar-refractivity contribution in [1.82, 2.24) is 9.36 Å². The molecule has 7 heteroatoms. The molecule has 0 aliphatic rings. The number of fused-ring (bicyclic) bond motifs is 1. The van der Waals surface area contributed by atoms with E-state index >= 15 is 0 Å². The normalized spacial score (nSPS) is 10.8. The van der Waals surface area contributed by atoms with Crippen LogP contribution in [-0.4, -0.2) is 27.0 Å². The molecular formula is C15H11ClN2O3S. The van der Waals surface area contributed by atoms with Crippen molar-refractivity contribution >= 4 is 39.2 Å². The summed E-state index contributed by atoms with van der Waals surface area (Å²) in [4.78, 5) is 15.8. The van der Waals surface area contributed by atoms with E-state index in [9.17, 15) is 9.90 Å². The Morgan fingerprint density at radius 2 is 2.09 bits per heavy atom. The van der Waals surface area contributed by atoms with Gasteiger partial charge in [-0.25, -0.2) is 9.78 Å². The fraction of sp³-hybridized carbons (Fsp3) is 0.133. The molecule has 0 saturated heterocycles. The van der Waals surface area contributed by atoms with E-state index in [1.165, 1.54) is 17.7 Å². The Balaban J connectivity index is 2.18. The molecule has 0 bridgehead atoms. The first-order valence-corrected chi connectivity index (χ1v) is 7.67. The van der Waals surface area contributed by atoms with E-state index in [1.807, 2.05) is 0 Å². The quantitative estimate of drug-likeness (QED) is 0.735. The highest BCUT2D eigenvalue weighted by Crippen LogP contribution is 2.38. The molecule has 0 amide bonds. The van der Waals surface area contributed by atoms with Gasteiger partial charge in [-0.2, -0.15) is 4.37 Å². The summed E-state index contributed by atoms with van der Waals surface area (Å²) in [6.45, 7) is 1.91. The smallest absolute Gasteiger partial charge is 0.360 e. The van der Waals surface area contributed by atoms with Crippen LogP contribution in [0.15, 0.2) is 30.5 Å². The molecule has 1 aromatic carbocycles. The highest BCUT2D eigenvalue weighted by molar-refractivity contribution is 7.13. The molecule has 0 aliphatic carbocycles. The van der Waals surface area contributed by atoms with Crippen LogP contribution in [0.1, 0.15) is 17.4 Å². The van der Waals surface area contributed by atoms with E-state index in [2.05, 4.69) is 9.36 Å². The molecule has 0 atom stereocenters. The van der Waals surface area contributed by atoms with Gasteiger partial charge in [0.25, 0.3) is 0 Å². The molecule has 3 rings (SSSR count). The lowest BCUT2D eigenvalue weighted by Gasteiger charge is -2.05. The van der Waals surface area contributed by atoms with Crippen LogP contribution < -0.4 is 0 Å². The van der Waals surface area contributed by atoms with Crippen LogP contribution in [0.25, 0.3) is 21.3 Å². The number of pyridine rings is 1. The summed E-state index contributed by atoms with van der Waals surface area (Å²) in [5, 5.41) is 11.5. The number of aromatic nitrogens is 2. The third-order valence-corrected chi connectivity index (χ3v) is 4.11. The first-order valence-electron chi connectivity index (χ1n) is 6.52. The molecule has 2 heterocycles. The van der Waals surface area contributed by atoms with Gasteiger partial charge in [0.15, 0.2) is 11.4 Å². The van der Waals surface area contributed by atoms with Crippen molar-refractivity contribution in [3.05, 3.63) is 41.2 Å². The second-order valence-electron chi connectivity index (χ2n) is 4.45. The van der Waals surface area contributed by atoms with E-state index in [4.69, 9.17) is 16.3 Å². The van der Waals surface area contributed by atoms with Crippen LogP contribution >= 0.6 is 23.1 Å². The van der Waals surface area contributed by atoms with Gasteiger partial charge in [-0.15, -0.1) is 0 Å². The van der Waals surface area contributed by atoms with Gasteiger partial charge >= 0.3 is 5.97 Å². The number of ether oxygens (including phenoxy) is 1. The molecule has 0 spiro atoms. The third kappa shape index (κ3) is 2.51. The predicted octanol–water partition coefficient (Wildman–Crippen LogP) is 3.89. The van der Waals surface area contributed by atoms with Crippen LogP contribution in [0.5, 0.6) is 5.75 Å². The highest BCUT2D eigenvalue weighted by Gasteiger charge is 2.21. The first-order chi connectivity index (χ1) is 10.6.